The van der Waals surface area contributed by atoms with Gasteiger partial charge in [-0.2, -0.15) is 0 Å². The molecule has 0 bridgehead atoms. The number of amides is 4. The van der Waals surface area contributed by atoms with Crippen LogP contribution in [0.5, 0.6) is 0 Å². The average molecular weight is 432 g/mol. The molecular formula is C24H24N4O4. The summed E-state index contributed by atoms with van der Waals surface area (Å²) in [7, 11) is 0. The third-order valence-electron chi connectivity index (χ3n) is 6.39. The highest BCUT2D eigenvalue weighted by Crippen LogP contribution is 2.28. The van der Waals surface area contributed by atoms with E-state index >= 15 is 0 Å². The van der Waals surface area contributed by atoms with Crippen molar-refractivity contribution in [1.29, 1.82) is 0 Å². The fraction of sp³-hybridized carbons (Fsp3) is 0.333. The summed E-state index contributed by atoms with van der Waals surface area (Å²) in [5.41, 5.74) is 5.51. The number of carbonyl (C=O) groups excluding carboxylic acids is 4. The van der Waals surface area contributed by atoms with Crippen LogP contribution in [0.3, 0.4) is 0 Å². The number of benzene rings is 2. The molecule has 3 heterocycles. The van der Waals surface area contributed by atoms with E-state index in [2.05, 4.69) is 34.1 Å². The molecule has 0 spiro atoms. The van der Waals surface area contributed by atoms with Gasteiger partial charge in [0.1, 0.15) is 6.04 Å². The standard InChI is InChI=1S/C24H24N4O4/c29-21-7-6-20(22(30)27-21)28-23(31)18-5-4-14(10-19(18)24(28)32)11-26-13-16-3-1-2-15-12-25-9-8-17(15)16/h1-5,10,20,25-26H,6-9,11-13H2,(H,27,29,30). The van der Waals surface area contributed by atoms with Gasteiger partial charge in [0, 0.05) is 26.1 Å². The fourth-order valence-electron chi connectivity index (χ4n) is 4.75. The summed E-state index contributed by atoms with van der Waals surface area (Å²) in [4.78, 5) is 50.3. The van der Waals surface area contributed by atoms with Gasteiger partial charge in [-0.3, -0.25) is 29.4 Å². The van der Waals surface area contributed by atoms with Crippen molar-refractivity contribution in [1.82, 2.24) is 20.9 Å². The predicted molar refractivity (Wildman–Crippen MR) is 116 cm³/mol. The molecule has 164 valence electrons. The molecule has 0 saturated carbocycles. The molecule has 8 nitrogen and oxygen atoms in total. The zero-order chi connectivity index (χ0) is 22.2. The summed E-state index contributed by atoms with van der Waals surface area (Å²) in [5.74, 6) is -1.94. The van der Waals surface area contributed by atoms with Crippen LogP contribution in [-0.2, 0) is 35.6 Å². The highest BCUT2D eigenvalue weighted by atomic mass is 16.2. The number of imide groups is 2. The summed E-state index contributed by atoms with van der Waals surface area (Å²) >= 11 is 0. The molecule has 3 aliphatic heterocycles. The molecule has 3 N–H and O–H groups in total. The van der Waals surface area contributed by atoms with Crippen molar-refractivity contribution in [2.45, 2.75) is 44.9 Å². The minimum atomic E-state index is -0.944. The van der Waals surface area contributed by atoms with Gasteiger partial charge >= 0.3 is 0 Å². The first-order valence-electron chi connectivity index (χ1n) is 10.9. The van der Waals surface area contributed by atoms with E-state index in [-0.39, 0.29) is 18.7 Å². The molecule has 1 fully saturated rings. The van der Waals surface area contributed by atoms with Crippen LogP contribution in [0, 0.1) is 0 Å². The molecule has 32 heavy (non-hydrogen) atoms. The summed E-state index contributed by atoms with van der Waals surface area (Å²) in [5, 5.41) is 9.04. The van der Waals surface area contributed by atoms with Crippen molar-refractivity contribution in [3.63, 3.8) is 0 Å². The van der Waals surface area contributed by atoms with Crippen molar-refractivity contribution in [2.24, 2.45) is 0 Å². The van der Waals surface area contributed by atoms with Gasteiger partial charge < -0.3 is 10.6 Å². The van der Waals surface area contributed by atoms with Crippen molar-refractivity contribution in [3.05, 3.63) is 69.8 Å². The number of hydrogen-bond acceptors (Lipinski definition) is 6. The molecule has 0 aliphatic carbocycles. The van der Waals surface area contributed by atoms with Gasteiger partial charge in [0.2, 0.25) is 11.8 Å². The first-order valence-corrected chi connectivity index (χ1v) is 10.9. The summed E-state index contributed by atoms with van der Waals surface area (Å²) in [6.45, 7) is 3.15. The normalized spacial score (nSPS) is 20.2. The molecule has 8 heteroatoms. The van der Waals surface area contributed by atoms with Crippen LogP contribution in [0.2, 0.25) is 0 Å². The Kier molecular flexibility index (Phi) is 5.32. The molecule has 0 aromatic heterocycles. The van der Waals surface area contributed by atoms with E-state index in [9.17, 15) is 19.2 Å². The molecule has 3 aliphatic rings. The Bertz CT molecular complexity index is 1140. The Morgan fingerprint density at radius 2 is 1.81 bits per heavy atom. The lowest BCUT2D eigenvalue weighted by Crippen LogP contribution is -2.54. The number of nitrogens with zero attached hydrogens (tertiary/aromatic N) is 1. The summed E-state index contributed by atoms with van der Waals surface area (Å²) in [6.07, 6.45) is 1.28. The van der Waals surface area contributed by atoms with Crippen LogP contribution in [0.25, 0.3) is 0 Å². The monoisotopic (exact) mass is 432 g/mol. The molecule has 0 radical (unpaired) electrons. The van der Waals surface area contributed by atoms with E-state index in [1.54, 1.807) is 12.1 Å². The quantitative estimate of drug-likeness (QED) is 0.609. The summed E-state index contributed by atoms with van der Waals surface area (Å²) < 4.78 is 0. The maximum atomic E-state index is 13.0. The van der Waals surface area contributed by atoms with Gasteiger partial charge in [-0.05, 0) is 53.8 Å². The highest BCUT2D eigenvalue weighted by Gasteiger charge is 2.44. The van der Waals surface area contributed by atoms with E-state index in [0.29, 0.717) is 17.7 Å². The fourth-order valence-corrected chi connectivity index (χ4v) is 4.75. The van der Waals surface area contributed by atoms with Gasteiger partial charge in [-0.15, -0.1) is 0 Å². The maximum absolute atomic E-state index is 13.0. The smallest absolute Gasteiger partial charge is 0.262 e. The van der Waals surface area contributed by atoms with E-state index in [4.69, 9.17) is 0 Å². The first-order chi connectivity index (χ1) is 15.5. The molecule has 1 saturated heterocycles. The minimum Gasteiger partial charge on any atom is -0.312 e. The highest BCUT2D eigenvalue weighted by molar-refractivity contribution is 6.23. The van der Waals surface area contributed by atoms with Crippen LogP contribution in [0.15, 0.2) is 36.4 Å². The lowest BCUT2D eigenvalue weighted by molar-refractivity contribution is -0.136. The van der Waals surface area contributed by atoms with Gasteiger partial charge in [-0.25, -0.2) is 0 Å². The number of hydrogen-bond donors (Lipinski definition) is 3. The van der Waals surface area contributed by atoms with Crippen LogP contribution < -0.4 is 16.0 Å². The minimum absolute atomic E-state index is 0.109. The van der Waals surface area contributed by atoms with Gasteiger partial charge in [0.25, 0.3) is 11.8 Å². The first kappa shape index (κ1) is 20.5. The van der Waals surface area contributed by atoms with E-state index in [1.165, 1.54) is 16.7 Å². The Morgan fingerprint density at radius 1 is 0.969 bits per heavy atom. The molecule has 5 rings (SSSR count). The van der Waals surface area contributed by atoms with Crippen LogP contribution in [-0.4, -0.2) is 41.1 Å². The largest absolute Gasteiger partial charge is 0.312 e. The maximum Gasteiger partial charge on any atom is 0.262 e. The van der Waals surface area contributed by atoms with Crippen LogP contribution in [0.1, 0.15) is 55.8 Å². The second-order valence-electron chi connectivity index (χ2n) is 8.41. The van der Waals surface area contributed by atoms with Crippen LogP contribution in [0.4, 0.5) is 0 Å². The molecule has 1 atom stereocenters. The number of carbonyl (C=O) groups is 4. The predicted octanol–water partition coefficient (Wildman–Crippen LogP) is 1.02. The van der Waals surface area contributed by atoms with Gasteiger partial charge in [0.05, 0.1) is 11.1 Å². The number of piperidine rings is 1. The van der Waals surface area contributed by atoms with Crippen molar-refractivity contribution < 1.29 is 19.2 Å². The molecule has 2 aromatic rings. The molecular weight excluding hydrogens is 408 g/mol. The summed E-state index contributed by atoms with van der Waals surface area (Å²) in [6, 6.07) is 10.6. The van der Waals surface area contributed by atoms with Crippen molar-refractivity contribution in [3.8, 4) is 0 Å². The van der Waals surface area contributed by atoms with Gasteiger partial charge in [0.15, 0.2) is 0 Å². The lowest BCUT2D eigenvalue weighted by atomic mass is 9.95. The average Bonchev–Trinajstić information content (AvgIpc) is 3.04. The Hall–Kier alpha value is -3.36. The molecule has 1 unspecified atom stereocenters. The van der Waals surface area contributed by atoms with E-state index in [1.807, 2.05) is 6.07 Å². The molecule has 4 amide bonds. The number of nitrogens with one attached hydrogen (secondary N) is 3. The van der Waals surface area contributed by atoms with Crippen molar-refractivity contribution >= 4 is 23.6 Å². The number of rotatable bonds is 5. The second kappa shape index (κ2) is 8.29. The Balaban J connectivity index is 1.28. The van der Waals surface area contributed by atoms with E-state index in [0.717, 1.165) is 36.5 Å². The Labute approximate surface area is 185 Å². The van der Waals surface area contributed by atoms with Gasteiger partial charge in [-0.1, -0.05) is 24.3 Å². The third-order valence-corrected chi connectivity index (χ3v) is 6.39. The SMILES string of the molecule is O=C1CCC(N2C(=O)c3ccc(CNCc4cccc5c4CCNC5)cc3C2=O)C(=O)N1. The lowest BCUT2D eigenvalue weighted by Gasteiger charge is -2.27. The van der Waals surface area contributed by atoms with Crippen molar-refractivity contribution in [2.75, 3.05) is 6.54 Å². The molecule has 2 aromatic carbocycles. The second-order valence-corrected chi connectivity index (χ2v) is 8.41. The zero-order valence-electron chi connectivity index (χ0n) is 17.6. The number of fused-ring (bicyclic) bond motifs is 2. The topological polar surface area (TPSA) is 108 Å². The van der Waals surface area contributed by atoms with E-state index < -0.39 is 23.8 Å². The Morgan fingerprint density at radius 3 is 2.66 bits per heavy atom. The van der Waals surface area contributed by atoms with Crippen LogP contribution >= 0.6 is 0 Å². The zero-order valence-corrected chi connectivity index (χ0v) is 17.6. The third kappa shape index (κ3) is 3.61.